The molecule has 1 saturated heterocycles. The average Bonchev–Trinajstić information content (AvgIpc) is 3.46. The van der Waals surface area contributed by atoms with Crippen molar-refractivity contribution in [1.82, 2.24) is 9.58 Å². The quantitative estimate of drug-likeness (QED) is 0.429. The number of aryl methyl sites for hydroxylation is 1. The number of nitrogens with zero attached hydrogens (tertiary/aromatic N) is 2. The number of Topliss-reactive ketones (excluding diaryl/α,β-unsaturated/α-hetero) is 1. The molecule has 0 saturated carbocycles. The maximum absolute atomic E-state index is 13.0. The number of carbonyl (C=O) groups excluding carboxylic acids is 4. The smallest absolute Gasteiger partial charge is 0.292 e. The van der Waals surface area contributed by atoms with E-state index in [0.29, 0.717) is 27.4 Å². The zero-order valence-electron chi connectivity index (χ0n) is 17.3. The molecule has 1 aliphatic heterocycles. The van der Waals surface area contributed by atoms with Crippen molar-refractivity contribution in [3.8, 4) is 0 Å². The summed E-state index contributed by atoms with van der Waals surface area (Å²) in [4.78, 5) is 52.6. The molecule has 32 heavy (non-hydrogen) atoms. The van der Waals surface area contributed by atoms with Crippen molar-refractivity contribution < 1.29 is 19.2 Å². The van der Waals surface area contributed by atoms with Crippen molar-refractivity contribution in [2.24, 2.45) is 0 Å². The zero-order chi connectivity index (χ0) is 22.8. The summed E-state index contributed by atoms with van der Waals surface area (Å²) in [6.07, 6.45) is 1.66. The van der Waals surface area contributed by atoms with Gasteiger partial charge in [0.05, 0.1) is 11.4 Å². The molecule has 1 aromatic carbocycles. The van der Waals surface area contributed by atoms with Gasteiger partial charge < -0.3 is 0 Å². The number of imide groups is 1. The summed E-state index contributed by atoms with van der Waals surface area (Å²) in [5.74, 6) is -1.16. The Morgan fingerprint density at radius 3 is 2.50 bits per heavy atom. The standard InChI is InChI=1S/C23H19N3O4S2/c1-14-11-18(15(2)26(14)24-21(28)16-7-4-3-5-8-16)19(27)13-25-22(29)20(32-23(25)30)12-17-9-6-10-31-17/h3-12H,13H2,1-2H3,(H,24,28)/b20-12-. The van der Waals surface area contributed by atoms with Gasteiger partial charge in [0.15, 0.2) is 5.78 Å². The highest BCUT2D eigenvalue weighted by Gasteiger charge is 2.37. The molecule has 7 nitrogen and oxygen atoms in total. The Morgan fingerprint density at radius 1 is 1.06 bits per heavy atom. The number of thiophene rings is 1. The average molecular weight is 466 g/mol. The van der Waals surface area contributed by atoms with Crippen molar-refractivity contribution >= 4 is 52.0 Å². The van der Waals surface area contributed by atoms with Crippen LogP contribution in [0.2, 0.25) is 0 Å². The summed E-state index contributed by atoms with van der Waals surface area (Å²) in [7, 11) is 0. The molecular weight excluding hydrogens is 446 g/mol. The lowest BCUT2D eigenvalue weighted by Gasteiger charge is -2.13. The van der Waals surface area contributed by atoms with Crippen molar-refractivity contribution in [3.05, 3.63) is 86.2 Å². The molecular formula is C23H19N3O4S2. The van der Waals surface area contributed by atoms with Crippen LogP contribution < -0.4 is 5.43 Å². The number of carbonyl (C=O) groups is 4. The van der Waals surface area contributed by atoms with Crippen LogP contribution in [0.3, 0.4) is 0 Å². The van der Waals surface area contributed by atoms with Crippen LogP contribution in [0.15, 0.2) is 58.8 Å². The molecule has 2 aromatic heterocycles. The van der Waals surface area contributed by atoms with E-state index in [-0.39, 0.29) is 18.2 Å². The summed E-state index contributed by atoms with van der Waals surface area (Å²) in [6, 6.07) is 14.1. The number of hydrogen-bond donors (Lipinski definition) is 1. The summed E-state index contributed by atoms with van der Waals surface area (Å²) < 4.78 is 1.53. The largest absolute Gasteiger partial charge is 0.293 e. The van der Waals surface area contributed by atoms with E-state index in [2.05, 4.69) is 5.43 Å². The molecule has 1 aliphatic rings. The van der Waals surface area contributed by atoms with Gasteiger partial charge in [-0.25, -0.2) is 0 Å². The molecule has 0 atom stereocenters. The Balaban J connectivity index is 1.50. The molecule has 1 N–H and O–H groups in total. The second-order valence-corrected chi connectivity index (χ2v) is 9.11. The molecule has 0 unspecified atom stereocenters. The Morgan fingerprint density at radius 2 is 1.81 bits per heavy atom. The maximum atomic E-state index is 13.0. The van der Waals surface area contributed by atoms with Crippen LogP contribution >= 0.6 is 23.1 Å². The van der Waals surface area contributed by atoms with Crippen molar-refractivity contribution in [1.29, 1.82) is 0 Å². The fraction of sp³-hybridized carbons (Fsp3) is 0.130. The molecule has 9 heteroatoms. The maximum Gasteiger partial charge on any atom is 0.293 e. The molecule has 162 valence electrons. The van der Waals surface area contributed by atoms with Gasteiger partial charge in [0, 0.05) is 27.4 Å². The fourth-order valence-electron chi connectivity index (χ4n) is 3.34. The summed E-state index contributed by atoms with van der Waals surface area (Å²) in [5, 5.41) is 1.41. The van der Waals surface area contributed by atoms with E-state index in [1.807, 2.05) is 23.6 Å². The lowest BCUT2D eigenvalue weighted by Crippen LogP contribution is -2.34. The number of ketones is 1. The molecule has 0 aliphatic carbocycles. The molecule has 3 aromatic rings. The molecule has 4 rings (SSSR count). The second-order valence-electron chi connectivity index (χ2n) is 7.13. The first kappa shape index (κ1) is 21.8. The predicted molar refractivity (Wildman–Crippen MR) is 125 cm³/mol. The number of hydrogen-bond acceptors (Lipinski definition) is 6. The van der Waals surface area contributed by atoms with Crippen LogP contribution in [0.4, 0.5) is 4.79 Å². The zero-order valence-corrected chi connectivity index (χ0v) is 19.0. The number of thioether (sulfide) groups is 1. The molecule has 3 amide bonds. The van der Waals surface area contributed by atoms with Crippen LogP contribution in [-0.2, 0) is 4.79 Å². The number of aromatic nitrogens is 1. The van der Waals surface area contributed by atoms with E-state index < -0.39 is 11.1 Å². The van der Waals surface area contributed by atoms with Gasteiger partial charge in [0.1, 0.15) is 0 Å². The minimum atomic E-state index is -0.479. The van der Waals surface area contributed by atoms with Gasteiger partial charge in [-0.2, -0.15) is 0 Å². The van der Waals surface area contributed by atoms with Crippen LogP contribution in [0.1, 0.15) is 37.0 Å². The second kappa shape index (κ2) is 8.97. The minimum Gasteiger partial charge on any atom is -0.292 e. The van der Waals surface area contributed by atoms with Crippen molar-refractivity contribution in [2.75, 3.05) is 12.0 Å². The third kappa shape index (κ3) is 4.30. The van der Waals surface area contributed by atoms with E-state index >= 15 is 0 Å². The number of rotatable bonds is 6. The van der Waals surface area contributed by atoms with Gasteiger partial charge in [0.2, 0.25) is 0 Å². The van der Waals surface area contributed by atoms with Gasteiger partial charge in [-0.15, -0.1) is 11.3 Å². The molecule has 3 heterocycles. The topological polar surface area (TPSA) is 88.5 Å². The fourth-order valence-corrected chi connectivity index (χ4v) is 4.90. The normalized spacial score (nSPS) is 14.9. The van der Waals surface area contributed by atoms with Crippen LogP contribution in [0.5, 0.6) is 0 Å². The Labute approximate surface area is 192 Å². The molecule has 1 fully saturated rings. The lowest BCUT2D eigenvalue weighted by atomic mass is 10.1. The van der Waals surface area contributed by atoms with Gasteiger partial charge >= 0.3 is 0 Å². The third-order valence-electron chi connectivity index (χ3n) is 4.97. The van der Waals surface area contributed by atoms with Gasteiger partial charge in [-0.1, -0.05) is 24.3 Å². The van der Waals surface area contributed by atoms with Gasteiger partial charge in [0.25, 0.3) is 17.1 Å². The number of nitrogens with one attached hydrogen (secondary N) is 1. The first-order valence-electron chi connectivity index (χ1n) is 9.72. The first-order valence-corrected chi connectivity index (χ1v) is 11.4. The Bertz CT molecular complexity index is 1240. The highest BCUT2D eigenvalue weighted by atomic mass is 32.2. The Kier molecular flexibility index (Phi) is 6.11. The third-order valence-corrected chi connectivity index (χ3v) is 6.70. The highest BCUT2D eigenvalue weighted by molar-refractivity contribution is 8.18. The van der Waals surface area contributed by atoms with Crippen LogP contribution in [0.25, 0.3) is 6.08 Å². The highest BCUT2D eigenvalue weighted by Crippen LogP contribution is 2.33. The molecule has 0 radical (unpaired) electrons. The first-order chi connectivity index (χ1) is 15.3. The monoisotopic (exact) mass is 465 g/mol. The van der Waals surface area contributed by atoms with Gasteiger partial charge in [-0.3, -0.25) is 34.2 Å². The Hall–Kier alpha value is -3.43. The molecule has 0 spiro atoms. The van der Waals surface area contributed by atoms with Crippen molar-refractivity contribution in [2.45, 2.75) is 13.8 Å². The summed E-state index contributed by atoms with van der Waals surface area (Å²) >= 11 is 2.29. The van der Waals surface area contributed by atoms with E-state index in [1.54, 1.807) is 50.3 Å². The number of amides is 3. The number of benzene rings is 1. The van der Waals surface area contributed by atoms with E-state index in [0.717, 1.165) is 21.5 Å². The summed E-state index contributed by atoms with van der Waals surface area (Å²) in [6.45, 7) is 3.11. The summed E-state index contributed by atoms with van der Waals surface area (Å²) in [5.41, 5.74) is 4.79. The van der Waals surface area contributed by atoms with E-state index in [9.17, 15) is 19.2 Å². The van der Waals surface area contributed by atoms with E-state index in [4.69, 9.17) is 0 Å². The molecule has 0 bridgehead atoms. The predicted octanol–water partition coefficient (Wildman–Crippen LogP) is 4.47. The van der Waals surface area contributed by atoms with Gasteiger partial charge in [-0.05, 0) is 61.3 Å². The van der Waals surface area contributed by atoms with Crippen LogP contribution in [0, 0.1) is 13.8 Å². The van der Waals surface area contributed by atoms with E-state index in [1.165, 1.54) is 16.0 Å². The SMILES string of the molecule is Cc1cc(C(=O)CN2C(=O)S/C(=C\c3cccs3)C2=O)c(C)n1NC(=O)c1ccccc1. The van der Waals surface area contributed by atoms with Crippen molar-refractivity contribution in [3.63, 3.8) is 0 Å². The van der Waals surface area contributed by atoms with Crippen LogP contribution in [-0.4, -0.2) is 39.0 Å². The minimum absolute atomic E-state index is 0.297. The lowest BCUT2D eigenvalue weighted by molar-refractivity contribution is -0.122.